The van der Waals surface area contributed by atoms with E-state index in [1.165, 1.54) is 21.8 Å². The van der Waals surface area contributed by atoms with Gasteiger partial charge in [-0.2, -0.15) is 4.31 Å². The summed E-state index contributed by atoms with van der Waals surface area (Å²) in [5, 5.41) is 4.11. The molecule has 1 amide bonds. The standard InChI is InChI=1S/C26H26FN3O4S/c27-23-7-4-8-24(17-23)34-25-10-9-21(18-28-25)19-29-26(31)22-11-14-30(15-12-22)35(32,33)16-13-20-5-2-1-3-6-20/h1-10,13,16-18,22H,11-12,14-15,19H2,(H,29,31)/b16-13+. The number of benzene rings is 2. The van der Waals surface area contributed by atoms with Gasteiger partial charge in [0.15, 0.2) is 0 Å². The summed E-state index contributed by atoms with van der Waals surface area (Å²) in [6.07, 6.45) is 4.09. The third-order valence-electron chi connectivity index (χ3n) is 5.70. The van der Waals surface area contributed by atoms with Gasteiger partial charge in [0, 0.05) is 49.3 Å². The monoisotopic (exact) mass is 495 g/mol. The summed E-state index contributed by atoms with van der Waals surface area (Å²) in [7, 11) is -3.53. The summed E-state index contributed by atoms with van der Waals surface area (Å²) >= 11 is 0. The summed E-state index contributed by atoms with van der Waals surface area (Å²) in [5.41, 5.74) is 1.60. The van der Waals surface area contributed by atoms with Crippen molar-refractivity contribution >= 4 is 22.0 Å². The fraction of sp³-hybridized carbons (Fsp3) is 0.231. The number of amides is 1. The predicted octanol–water partition coefficient (Wildman–Crippen LogP) is 4.34. The second-order valence-electron chi connectivity index (χ2n) is 8.21. The van der Waals surface area contributed by atoms with Gasteiger partial charge in [0.1, 0.15) is 11.6 Å². The fourth-order valence-corrected chi connectivity index (χ4v) is 4.97. The maximum atomic E-state index is 13.3. The second kappa shape index (κ2) is 11.2. The van der Waals surface area contributed by atoms with Crippen LogP contribution in [0.25, 0.3) is 6.08 Å². The van der Waals surface area contributed by atoms with Gasteiger partial charge in [-0.25, -0.2) is 17.8 Å². The molecule has 0 unspecified atom stereocenters. The lowest BCUT2D eigenvalue weighted by Gasteiger charge is -2.29. The number of carbonyl (C=O) groups excluding carboxylic acids is 1. The Balaban J connectivity index is 1.23. The maximum Gasteiger partial charge on any atom is 0.236 e. The first-order valence-corrected chi connectivity index (χ1v) is 12.8. The van der Waals surface area contributed by atoms with Crippen molar-refractivity contribution in [1.29, 1.82) is 0 Å². The van der Waals surface area contributed by atoms with Crippen molar-refractivity contribution in [2.24, 2.45) is 5.92 Å². The van der Waals surface area contributed by atoms with E-state index in [4.69, 9.17) is 4.74 Å². The quantitative estimate of drug-likeness (QED) is 0.502. The van der Waals surface area contributed by atoms with Gasteiger partial charge in [-0.15, -0.1) is 0 Å². The molecule has 2 aromatic carbocycles. The Morgan fingerprint density at radius 1 is 1.09 bits per heavy atom. The number of halogens is 1. The molecule has 1 saturated heterocycles. The van der Waals surface area contributed by atoms with E-state index in [-0.39, 0.29) is 11.8 Å². The number of nitrogens with zero attached hydrogens (tertiary/aromatic N) is 2. The SMILES string of the molecule is O=C(NCc1ccc(Oc2cccc(F)c2)nc1)C1CCN(S(=O)(=O)/C=C/c2ccccc2)CC1. The van der Waals surface area contributed by atoms with Gasteiger partial charge in [-0.1, -0.05) is 42.5 Å². The zero-order valence-corrected chi connectivity index (χ0v) is 19.8. The zero-order chi connectivity index (χ0) is 24.7. The maximum absolute atomic E-state index is 13.3. The van der Waals surface area contributed by atoms with Gasteiger partial charge in [0.25, 0.3) is 0 Å². The largest absolute Gasteiger partial charge is 0.439 e. The molecule has 35 heavy (non-hydrogen) atoms. The van der Waals surface area contributed by atoms with Crippen LogP contribution in [0.5, 0.6) is 11.6 Å². The Hall–Kier alpha value is -3.56. The van der Waals surface area contributed by atoms with E-state index in [1.807, 2.05) is 30.3 Å². The lowest BCUT2D eigenvalue weighted by molar-refractivity contribution is -0.126. The average molecular weight is 496 g/mol. The number of hydrogen-bond donors (Lipinski definition) is 1. The number of rotatable bonds is 8. The first kappa shape index (κ1) is 24.6. The summed E-state index contributed by atoms with van der Waals surface area (Å²) in [6, 6.07) is 18.5. The number of carbonyl (C=O) groups is 1. The van der Waals surface area contributed by atoms with Crippen LogP contribution in [0, 0.1) is 11.7 Å². The van der Waals surface area contributed by atoms with Gasteiger partial charge in [-0.3, -0.25) is 4.79 Å². The molecule has 0 spiro atoms. The van der Waals surface area contributed by atoms with Gasteiger partial charge < -0.3 is 10.1 Å². The second-order valence-corrected chi connectivity index (χ2v) is 10.0. The summed E-state index contributed by atoms with van der Waals surface area (Å²) in [5.74, 6) is -0.0815. The van der Waals surface area contributed by atoms with Gasteiger partial charge in [-0.05, 0) is 42.2 Å². The summed E-state index contributed by atoms with van der Waals surface area (Å²) in [6.45, 7) is 0.894. The van der Waals surface area contributed by atoms with E-state index in [0.29, 0.717) is 44.1 Å². The molecule has 1 aliphatic rings. The number of sulfonamides is 1. The smallest absolute Gasteiger partial charge is 0.236 e. The Bertz CT molecular complexity index is 1270. The van der Waals surface area contributed by atoms with Crippen LogP contribution in [0.1, 0.15) is 24.0 Å². The molecule has 182 valence electrons. The van der Waals surface area contributed by atoms with E-state index >= 15 is 0 Å². The molecule has 3 aromatic rings. The van der Waals surface area contributed by atoms with E-state index < -0.39 is 15.8 Å². The number of pyridine rings is 1. The van der Waals surface area contributed by atoms with Crippen LogP contribution in [0.3, 0.4) is 0 Å². The van der Waals surface area contributed by atoms with Crippen molar-refractivity contribution in [3.8, 4) is 11.6 Å². The highest BCUT2D eigenvalue weighted by Crippen LogP contribution is 2.22. The minimum Gasteiger partial charge on any atom is -0.439 e. The minimum atomic E-state index is -3.53. The van der Waals surface area contributed by atoms with Crippen LogP contribution in [0.15, 0.2) is 78.3 Å². The number of nitrogens with one attached hydrogen (secondary N) is 1. The highest BCUT2D eigenvalue weighted by molar-refractivity contribution is 7.92. The predicted molar refractivity (Wildman–Crippen MR) is 131 cm³/mol. The molecule has 0 atom stereocenters. The van der Waals surface area contributed by atoms with Crippen LogP contribution < -0.4 is 10.1 Å². The Morgan fingerprint density at radius 3 is 2.54 bits per heavy atom. The summed E-state index contributed by atoms with van der Waals surface area (Å²) < 4.78 is 45.4. The van der Waals surface area contributed by atoms with E-state index in [2.05, 4.69) is 10.3 Å². The molecule has 1 N–H and O–H groups in total. The average Bonchev–Trinajstić information content (AvgIpc) is 2.88. The number of aromatic nitrogens is 1. The molecule has 1 aliphatic heterocycles. The van der Waals surface area contributed by atoms with Crippen molar-refractivity contribution in [2.45, 2.75) is 19.4 Å². The van der Waals surface area contributed by atoms with Gasteiger partial charge in [0.05, 0.1) is 0 Å². The molecule has 7 nitrogen and oxygen atoms in total. The summed E-state index contributed by atoms with van der Waals surface area (Å²) in [4.78, 5) is 16.8. The van der Waals surface area contributed by atoms with Crippen LogP contribution >= 0.6 is 0 Å². The molecule has 0 aliphatic carbocycles. The van der Waals surface area contributed by atoms with E-state index in [9.17, 15) is 17.6 Å². The number of piperidine rings is 1. The lowest BCUT2D eigenvalue weighted by atomic mass is 9.97. The molecule has 2 heterocycles. The lowest BCUT2D eigenvalue weighted by Crippen LogP contribution is -2.42. The molecule has 0 radical (unpaired) electrons. The van der Waals surface area contributed by atoms with E-state index in [0.717, 1.165) is 11.1 Å². The fourth-order valence-electron chi connectivity index (χ4n) is 3.75. The van der Waals surface area contributed by atoms with Crippen LogP contribution in [0.4, 0.5) is 4.39 Å². The van der Waals surface area contributed by atoms with Crippen molar-refractivity contribution < 1.29 is 22.3 Å². The molecular formula is C26H26FN3O4S. The van der Waals surface area contributed by atoms with Crippen molar-refractivity contribution in [2.75, 3.05) is 13.1 Å². The van der Waals surface area contributed by atoms with Crippen molar-refractivity contribution in [1.82, 2.24) is 14.6 Å². The highest BCUT2D eigenvalue weighted by atomic mass is 32.2. The third-order valence-corrected chi connectivity index (χ3v) is 7.26. The molecule has 4 rings (SSSR count). The third kappa shape index (κ3) is 6.97. The zero-order valence-electron chi connectivity index (χ0n) is 19.0. The topological polar surface area (TPSA) is 88.6 Å². The molecule has 9 heteroatoms. The minimum absolute atomic E-state index is 0.109. The van der Waals surface area contributed by atoms with Gasteiger partial charge in [0.2, 0.25) is 21.8 Å². The molecular weight excluding hydrogens is 469 g/mol. The van der Waals surface area contributed by atoms with Crippen LogP contribution in [-0.2, 0) is 21.4 Å². The molecule has 0 saturated carbocycles. The van der Waals surface area contributed by atoms with Gasteiger partial charge >= 0.3 is 0 Å². The first-order valence-electron chi connectivity index (χ1n) is 11.3. The van der Waals surface area contributed by atoms with Crippen LogP contribution in [0.2, 0.25) is 0 Å². The highest BCUT2D eigenvalue weighted by Gasteiger charge is 2.29. The Morgan fingerprint density at radius 2 is 1.86 bits per heavy atom. The molecule has 1 fully saturated rings. The Kier molecular flexibility index (Phi) is 7.89. The molecule has 0 bridgehead atoms. The first-order chi connectivity index (χ1) is 16.9. The Labute approximate surface area is 204 Å². The van der Waals surface area contributed by atoms with Crippen LogP contribution in [-0.4, -0.2) is 36.7 Å². The van der Waals surface area contributed by atoms with Crippen molar-refractivity contribution in [3.63, 3.8) is 0 Å². The van der Waals surface area contributed by atoms with E-state index in [1.54, 1.807) is 36.5 Å². The number of hydrogen-bond acceptors (Lipinski definition) is 5. The normalized spacial score (nSPS) is 15.2. The molecule has 1 aromatic heterocycles. The van der Waals surface area contributed by atoms with Crippen molar-refractivity contribution in [3.05, 3.63) is 95.3 Å². The number of ether oxygens (including phenoxy) is 1.